The van der Waals surface area contributed by atoms with E-state index >= 15 is 0 Å². The van der Waals surface area contributed by atoms with Crippen LogP contribution in [0.4, 0.5) is 5.82 Å². The molecule has 0 aliphatic carbocycles. The van der Waals surface area contributed by atoms with Crippen LogP contribution in [0.1, 0.15) is 30.0 Å². The van der Waals surface area contributed by atoms with Crippen molar-refractivity contribution in [2.75, 3.05) is 11.5 Å². The Morgan fingerprint density at radius 3 is 2.69 bits per heavy atom. The average molecular weight is 418 g/mol. The number of aryl methyl sites for hydroxylation is 1. The minimum Gasteiger partial charge on any atom is -0.469 e. The first-order chi connectivity index (χ1) is 13.7. The van der Waals surface area contributed by atoms with E-state index in [-0.39, 0.29) is 23.1 Å². The summed E-state index contributed by atoms with van der Waals surface area (Å²) in [6.07, 6.45) is 1.57. The lowest BCUT2D eigenvalue weighted by atomic mass is 10.2. The van der Waals surface area contributed by atoms with Gasteiger partial charge < -0.3 is 14.7 Å². The Hall–Kier alpha value is -3.08. The van der Waals surface area contributed by atoms with Crippen LogP contribution in [0, 0.1) is 12.8 Å². The first-order valence-corrected chi connectivity index (χ1v) is 9.91. The van der Waals surface area contributed by atoms with E-state index in [2.05, 4.69) is 15.2 Å². The maximum absolute atomic E-state index is 12.7. The molecular formula is C18H22N6O4S. The van der Waals surface area contributed by atoms with Gasteiger partial charge in [0.2, 0.25) is 0 Å². The molecule has 0 unspecified atom stereocenters. The number of Topliss-reactive ketones (excluding diaryl/α,β-unsaturated/α-hetero) is 1. The first kappa shape index (κ1) is 20.6. The molecule has 154 valence electrons. The summed E-state index contributed by atoms with van der Waals surface area (Å²) < 4.78 is 8.25. The second kappa shape index (κ2) is 8.11. The summed E-state index contributed by atoms with van der Waals surface area (Å²) in [7, 11) is 1.78. The highest BCUT2D eigenvalue weighted by molar-refractivity contribution is 7.99. The molecule has 3 N–H and O–H groups in total. The van der Waals surface area contributed by atoms with Gasteiger partial charge in [-0.1, -0.05) is 25.6 Å². The van der Waals surface area contributed by atoms with Crippen molar-refractivity contribution in [2.24, 2.45) is 13.0 Å². The minimum absolute atomic E-state index is 0.0799. The highest BCUT2D eigenvalue weighted by atomic mass is 32.2. The molecule has 0 aliphatic rings. The van der Waals surface area contributed by atoms with Crippen molar-refractivity contribution in [1.29, 1.82) is 0 Å². The van der Waals surface area contributed by atoms with Crippen molar-refractivity contribution in [3.63, 3.8) is 0 Å². The highest BCUT2D eigenvalue weighted by Gasteiger charge is 2.21. The van der Waals surface area contributed by atoms with E-state index in [1.54, 1.807) is 23.9 Å². The van der Waals surface area contributed by atoms with Crippen molar-refractivity contribution in [3.05, 3.63) is 44.5 Å². The van der Waals surface area contributed by atoms with Gasteiger partial charge >= 0.3 is 5.69 Å². The molecule has 3 aromatic heterocycles. The number of furan rings is 1. The summed E-state index contributed by atoms with van der Waals surface area (Å²) in [5, 5.41) is 8.75. The van der Waals surface area contributed by atoms with Gasteiger partial charge in [0.15, 0.2) is 16.8 Å². The number of ketones is 1. The predicted octanol–water partition coefficient (Wildman–Crippen LogP) is 1.45. The molecule has 29 heavy (non-hydrogen) atoms. The van der Waals surface area contributed by atoms with E-state index in [1.807, 2.05) is 20.8 Å². The van der Waals surface area contributed by atoms with E-state index in [0.29, 0.717) is 23.3 Å². The summed E-state index contributed by atoms with van der Waals surface area (Å²) in [6.45, 7) is 5.93. The maximum Gasteiger partial charge on any atom is 0.329 e. The van der Waals surface area contributed by atoms with Gasteiger partial charge in [0.05, 0.1) is 17.6 Å². The smallest absolute Gasteiger partial charge is 0.329 e. The van der Waals surface area contributed by atoms with Crippen molar-refractivity contribution >= 4 is 23.4 Å². The van der Waals surface area contributed by atoms with E-state index in [4.69, 9.17) is 10.2 Å². The Morgan fingerprint density at radius 1 is 1.34 bits per heavy atom. The van der Waals surface area contributed by atoms with Gasteiger partial charge in [-0.3, -0.25) is 19.1 Å². The van der Waals surface area contributed by atoms with Crippen LogP contribution in [0.15, 0.2) is 31.5 Å². The van der Waals surface area contributed by atoms with Gasteiger partial charge in [0.1, 0.15) is 17.1 Å². The quantitative estimate of drug-likeness (QED) is 0.434. The fraction of sp³-hybridized carbons (Fsp3) is 0.389. The SMILES string of the molecule is Cc1occc1-c1nnc(SCC(=O)c2c(N)n(CC(C)C)c(=O)[nH]c2=O)n1C. The fourth-order valence-electron chi connectivity index (χ4n) is 2.90. The van der Waals surface area contributed by atoms with Crippen LogP contribution in [-0.2, 0) is 13.6 Å². The third-order valence-electron chi connectivity index (χ3n) is 4.33. The number of thioether (sulfide) groups is 1. The van der Waals surface area contributed by atoms with Crippen LogP contribution in [0.25, 0.3) is 11.4 Å². The lowest BCUT2D eigenvalue weighted by Crippen LogP contribution is -2.37. The monoisotopic (exact) mass is 418 g/mol. The number of nitrogens with two attached hydrogens (primary N) is 1. The number of nitrogens with zero attached hydrogens (tertiary/aromatic N) is 4. The molecule has 0 aliphatic heterocycles. The zero-order valence-electron chi connectivity index (χ0n) is 16.6. The lowest BCUT2D eigenvalue weighted by molar-refractivity contribution is 0.102. The largest absolute Gasteiger partial charge is 0.469 e. The summed E-state index contributed by atoms with van der Waals surface area (Å²) in [5.74, 6) is 0.736. The lowest BCUT2D eigenvalue weighted by Gasteiger charge is -2.13. The number of rotatable bonds is 7. The van der Waals surface area contributed by atoms with E-state index in [1.165, 1.54) is 4.57 Å². The molecule has 0 aromatic carbocycles. The van der Waals surface area contributed by atoms with Crippen LogP contribution >= 0.6 is 11.8 Å². The number of hydrogen-bond donors (Lipinski definition) is 2. The zero-order valence-corrected chi connectivity index (χ0v) is 17.4. The van der Waals surface area contributed by atoms with E-state index in [9.17, 15) is 14.4 Å². The summed E-state index contributed by atoms with van der Waals surface area (Å²) in [4.78, 5) is 39.1. The van der Waals surface area contributed by atoms with Gasteiger partial charge in [-0.2, -0.15) is 0 Å². The van der Waals surface area contributed by atoms with Crippen LogP contribution in [0.5, 0.6) is 0 Å². The number of aromatic amines is 1. The number of carbonyl (C=O) groups is 1. The van der Waals surface area contributed by atoms with Crippen molar-refractivity contribution < 1.29 is 9.21 Å². The Bertz CT molecular complexity index is 1170. The molecule has 0 fully saturated rings. The van der Waals surface area contributed by atoms with Crippen molar-refractivity contribution in [3.8, 4) is 11.4 Å². The van der Waals surface area contributed by atoms with Gasteiger partial charge in [-0.15, -0.1) is 10.2 Å². The van der Waals surface area contributed by atoms with E-state index in [0.717, 1.165) is 17.3 Å². The summed E-state index contributed by atoms with van der Waals surface area (Å²) in [5.41, 5.74) is 5.16. The molecule has 0 spiro atoms. The molecule has 0 atom stereocenters. The number of carbonyl (C=O) groups excluding carboxylic acids is 1. The van der Waals surface area contributed by atoms with Crippen LogP contribution in [0.2, 0.25) is 0 Å². The van der Waals surface area contributed by atoms with Crippen molar-refractivity contribution in [2.45, 2.75) is 32.5 Å². The Kier molecular flexibility index (Phi) is 5.78. The number of anilines is 1. The van der Waals surface area contributed by atoms with Crippen LogP contribution in [-0.4, -0.2) is 35.9 Å². The predicted molar refractivity (Wildman–Crippen MR) is 109 cm³/mol. The molecule has 0 radical (unpaired) electrons. The standard InChI is InChI=1S/C18H22N6O4S/c1-9(2)7-24-14(19)13(16(26)20-17(24)27)12(25)8-29-18-22-21-15(23(18)4)11-5-6-28-10(11)3/h5-6,9H,7-8,19H2,1-4H3,(H,20,26,27). The maximum atomic E-state index is 12.7. The third kappa shape index (κ3) is 4.04. The first-order valence-electron chi connectivity index (χ1n) is 8.93. The molecule has 3 heterocycles. The Morgan fingerprint density at radius 2 is 2.07 bits per heavy atom. The molecule has 0 saturated heterocycles. The van der Waals surface area contributed by atoms with E-state index < -0.39 is 17.0 Å². The minimum atomic E-state index is -0.786. The number of aromatic nitrogens is 5. The highest BCUT2D eigenvalue weighted by Crippen LogP contribution is 2.26. The van der Waals surface area contributed by atoms with Crippen molar-refractivity contribution in [1.82, 2.24) is 24.3 Å². The Labute approximate surface area is 170 Å². The number of H-pyrrole nitrogens is 1. The molecular weight excluding hydrogens is 396 g/mol. The summed E-state index contributed by atoms with van der Waals surface area (Å²) in [6, 6.07) is 1.79. The molecule has 0 amide bonds. The topological polar surface area (TPSA) is 142 Å². The Balaban J connectivity index is 1.84. The second-order valence-corrected chi connectivity index (χ2v) is 7.93. The number of nitrogens with one attached hydrogen (secondary N) is 1. The van der Waals surface area contributed by atoms with Crippen LogP contribution in [0.3, 0.4) is 0 Å². The van der Waals surface area contributed by atoms with Gasteiger partial charge in [-0.05, 0) is 18.9 Å². The van der Waals surface area contributed by atoms with Gasteiger partial charge in [-0.25, -0.2) is 4.79 Å². The molecule has 3 aromatic rings. The molecule has 0 saturated carbocycles. The van der Waals surface area contributed by atoms with Gasteiger partial charge in [0.25, 0.3) is 5.56 Å². The average Bonchev–Trinajstić information content (AvgIpc) is 3.21. The van der Waals surface area contributed by atoms with Crippen LogP contribution < -0.4 is 17.0 Å². The molecule has 10 nitrogen and oxygen atoms in total. The molecule has 0 bridgehead atoms. The molecule has 11 heteroatoms. The normalized spacial score (nSPS) is 11.3. The number of hydrogen-bond acceptors (Lipinski definition) is 8. The summed E-state index contributed by atoms with van der Waals surface area (Å²) >= 11 is 1.13. The second-order valence-electron chi connectivity index (χ2n) is 6.99. The number of nitrogen functional groups attached to an aromatic ring is 1. The third-order valence-corrected chi connectivity index (χ3v) is 5.35. The molecule has 3 rings (SSSR count). The van der Waals surface area contributed by atoms with Gasteiger partial charge in [0, 0.05) is 13.6 Å². The zero-order chi connectivity index (χ0) is 21.3. The fourth-order valence-corrected chi connectivity index (χ4v) is 3.68.